The number of halogens is 5. The molecule has 0 saturated carbocycles. The van der Waals surface area contributed by atoms with Gasteiger partial charge in [0, 0.05) is 9.77 Å². The monoisotopic (exact) mass is 351 g/mol. The lowest BCUT2D eigenvalue weighted by atomic mass is 10.3. The van der Waals surface area contributed by atoms with Gasteiger partial charge >= 0.3 is 0 Å². The van der Waals surface area contributed by atoms with Gasteiger partial charge in [0.15, 0.2) is 5.82 Å². The number of hydrogen-bond acceptors (Lipinski definition) is 1. The van der Waals surface area contributed by atoms with Crippen molar-refractivity contribution in [2.45, 2.75) is 6.43 Å². The molecule has 0 amide bonds. The van der Waals surface area contributed by atoms with E-state index in [1.165, 1.54) is 6.20 Å². The van der Waals surface area contributed by atoms with Gasteiger partial charge in [-0.15, -0.1) is 0 Å². The fourth-order valence-electron chi connectivity index (χ4n) is 0.609. The molecule has 0 bridgehead atoms. The van der Waals surface area contributed by atoms with Crippen molar-refractivity contribution in [3.8, 4) is 0 Å². The van der Waals surface area contributed by atoms with Crippen LogP contribution in [0.5, 0.6) is 0 Å². The maximum atomic E-state index is 12.9. The molecule has 1 rings (SSSR count). The van der Waals surface area contributed by atoms with Gasteiger partial charge in [-0.1, -0.05) is 0 Å². The number of pyridine rings is 1. The van der Waals surface area contributed by atoms with E-state index in [0.717, 1.165) is 0 Å². The first-order chi connectivity index (χ1) is 5.54. The Morgan fingerprint density at radius 1 is 1.50 bits per heavy atom. The molecular weight excluding hydrogens is 350 g/mol. The topological polar surface area (TPSA) is 12.9 Å². The molecule has 0 spiro atoms. The molecule has 0 aliphatic heterocycles. The van der Waals surface area contributed by atoms with Crippen LogP contribution >= 0.6 is 38.5 Å². The highest BCUT2D eigenvalue weighted by molar-refractivity contribution is 14.1. The van der Waals surface area contributed by atoms with Crippen LogP contribution in [0.25, 0.3) is 0 Å². The van der Waals surface area contributed by atoms with Crippen molar-refractivity contribution in [1.82, 2.24) is 4.98 Å². The Hall–Kier alpha value is 0.150. The summed E-state index contributed by atoms with van der Waals surface area (Å²) >= 11 is 4.64. The quantitative estimate of drug-likeness (QED) is 0.705. The van der Waals surface area contributed by atoms with E-state index >= 15 is 0 Å². The molecule has 66 valence electrons. The molecule has 12 heavy (non-hydrogen) atoms. The molecule has 0 aliphatic carbocycles. The molecule has 0 radical (unpaired) electrons. The SMILES string of the molecule is Fc1c(C(F)F)ncc(I)c1Br. The van der Waals surface area contributed by atoms with Crippen molar-refractivity contribution >= 4 is 38.5 Å². The summed E-state index contributed by atoms with van der Waals surface area (Å²) in [6, 6.07) is 0. The second kappa shape index (κ2) is 3.91. The average molecular weight is 352 g/mol. The minimum atomic E-state index is -2.88. The lowest BCUT2D eigenvalue weighted by Gasteiger charge is -2.03. The molecule has 0 aromatic carbocycles. The molecule has 6 heteroatoms. The maximum absolute atomic E-state index is 12.9. The van der Waals surface area contributed by atoms with Crippen LogP contribution in [-0.4, -0.2) is 4.98 Å². The molecule has 0 saturated heterocycles. The minimum absolute atomic E-state index is 0.0356. The molecule has 0 unspecified atom stereocenters. The van der Waals surface area contributed by atoms with Crippen LogP contribution in [0.2, 0.25) is 0 Å². The summed E-state index contributed by atoms with van der Waals surface area (Å²) in [4.78, 5) is 3.28. The Labute approximate surface area is 88.6 Å². The van der Waals surface area contributed by atoms with E-state index < -0.39 is 17.9 Å². The third-order valence-corrected chi connectivity index (χ3v) is 3.49. The van der Waals surface area contributed by atoms with Crippen LogP contribution in [0.15, 0.2) is 10.7 Å². The van der Waals surface area contributed by atoms with Crippen LogP contribution in [0, 0.1) is 9.39 Å². The second-order valence-electron chi connectivity index (χ2n) is 1.92. The normalized spacial score (nSPS) is 10.8. The Kier molecular flexibility index (Phi) is 3.33. The Morgan fingerprint density at radius 3 is 2.58 bits per heavy atom. The number of nitrogens with zero attached hydrogens (tertiary/aromatic N) is 1. The van der Waals surface area contributed by atoms with Gasteiger partial charge < -0.3 is 0 Å². The molecule has 0 N–H and O–H groups in total. The van der Waals surface area contributed by atoms with E-state index in [1.54, 1.807) is 22.6 Å². The van der Waals surface area contributed by atoms with Crippen LogP contribution in [0.4, 0.5) is 13.2 Å². The zero-order valence-electron chi connectivity index (χ0n) is 5.49. The number of rotatable bonds is 1. The van der Waals surface area contributed by atoms with Gasteiger partial charge in [0.25, 0.3) is 6.43 Å². The predicted octanol–water partition coefficient (Wildman–Crippen LogP) is 3.53. The molecule has 0 fully saturated rings. The maximum Gasteiger partial charge on any atom is 0.283 e. The molecule has 1 aromatic heterocycles. The first kappa shape index (κ1) is 10.2. The summed E-state index contributed by atoms with van der Waals surface area (Å²) in [6.45, 7) is 0. The van der Waals surface area contributed by atoms with Crippen molar-refractivity contribution in [2.24, 2.45) is 0 Å². The summed E-state index contributed by atoms with van der Waals surface area (Å²) in [5.41, 5.74) is -0.817. The summed E-state index contributed by atoms with van der Waals surface area (Å²) in [7, 11) is 0. The molecular formula is C6H2BrF3IN. The number of aromatic nitrogens is 1. The highest BCUT2D eigenvalue weighted by Crippen LogP contribution is 2.28. The van der Waals surface area contributed by atoms with E-state index in [9.17, 15) is 13.2 Å². The zero-order chi connectivity index (χ0) is 9.30. The van der Waals surface area contributed by atoms with Crippen molar-refractivity contribution in [2.75, 3.05) is 0 Å². The molecule has 1 aromatic rings. The first-order valence-electron chi connectivity index (χ1n) is 2.81. The van der Waals surface area contributed by atoms with Gasteiger partial charge in [-0.25, -0.2) is 13.2 Å². The summed E-state index contributed by atoms with van der Waals surface area (Å²) in [5.74, 6) is -0.989. The number of hydrogen-bond donors (Lipinski definition) is 0. The second-order valence-corrected chi connectivity index (χ2v) is 3.88. The van der Waals surface area contributed by atoms with Crippen LogP contribution in [0.1, 0.15) is 12.1 Å². The van der Waals surface area contributed by atoms with E-state index in [0.29, 0.717) is 3.57 Å². The van der Waals surface area contributed by atoms with Gasteiger partial charge in [-0.2, -0.15) is 0 Å². The van der Waals surface area contributed by atoms with Gasteiger partial charge in [0.1, 0.15) is 5.69 Å². The van der Waals surface area contributed by atoms with Crippen LogP contribution < -0.4 is 0 Å². The lowest BCUT2D eigenvalue weighted by Crippen LogP contribution is -1.97. The highest BCUT2D eigenvalue weighted by atomic mass is 127. The summed E-state index contributed by atoms with van der Waals surface area (Å²) in [5, 5.41) is 0. The highest BCUT2D eigenvalue weighted by Gasteiger charge is 2.18. The van der Waals surface area contributed by atoms with E-state index in [4.69, 9.17) is 0 Å². The Morgan fingerprint density at radius 2 is 2.08 bits per heavy atom. The van der Waals surface area contributed by atoms with Gasteiger partial charge in [0.05, 0.1) is 4.47 Å². The van der Waals surface area contributed by atoms with Crippen molar-refractivity contribution in [1.29, 1.82) is 0 Å². The fraction of sp³-hybridized carbons (Fsp3) is 0.167. The molecule has 0 atom stereocenters. The van der Waals surface area contributed by atoms with Crippen molar-refractivity contribution < 1.29 is 13.2 Å². The van der Waals surface area contributed by atoms with E-state index in [-0.39, 0.29) is 4.47 Å². The van der Waals surface area contributed by atoms with Crippen molar-refractivity contribution in [3.63, 3.8) is 0 Å². The van der Waals surface area contributed by atoms with Crippen LogP contribution in [-0.2, 0) is 0 Å². The van der Waals surface area contributed by atoms with Gasteiger partial charge in [0.2, 0.25) is 0 Å². The standard InChI is InChI=1S/C6H2BrF3IN/c7-3-2(11)1-12-5(4(3)8)6(9)10/h1,6H. The molecule has 1 nitrogen and oxygen atoms in total. The van der Waals surface area contributed by atoms with Crippen LogP contribution in [0.3, 0.4) is 0 Å². The largest absolute Gasteiger partial charge is 0.283 e. The fourth-order valence-corrected chi connectivity index (χ4v) is 1.29. The zero-order valence-corrected chi connectivity index (χ0v) is 9.24. The number of alkyl halides is 2. The molecule has 0 aliphatic rings. The minimum Gasteiger partial charge on any atom is -0.251 e. The van der Waals surface area contributed by atoms with E-state index in [1.807, 2.05) is 0 Å². The third-order valence-electron chi connectivity index (χ3n) is 1.15. The third kappa shape index (κ3) is 1.90. The van der Waals surface area contributed by atoms with E-state index in [2.05, 4.69) is 20.9 Å². The van der Waals surface area contributed by atoms with Crippen molar-refractivity contribution in [3.05, 3.63) is 25.8 Å². The molecule has 1 heterocycles. The predicted molar refractivity (Wildman–Crippen MR) is 49.6 cm³/mol. The van der Waals surface area contributed by atoms with Gasteiger partial charge in [-0.3, -0.25) is 4.98 Å². The summed E-state index contributed by atoms with van der Waals surface area (Å²) < 4.78 is 37.4. The Balaban J connectivity index is 3.27. The smallest absolute Gasteiger partial charge is 0.251 e. The van der Waals surface area contributed by atoms with Gasteiger partial charge in [-0.05, 0) is 38.5 Å². The Bertz CT molecular complexity index is 305. The summed E-state index contributed by atoms with van der Waals surface area (Å²) in [6.07, 6.45) is -1.69. The average Bonchev–Trinajstić information content (AvgIpc) is 2.00. The first-order valence-corrected chi connectivity index (χ1v) is 4.68. The lowest BCUT2D eigenvalue weighted by molar-refractivity contribution is 0.140.